The van der Waals surface area contributed by atoms with Crippen molar-refractivity contribution < 1.29 is 19.8 Å². The number of likely N-dealkylation sites (N-methyl/N-ethyl adjacent to an activating group) is 2. The molecule has 4 N–H and O–H groups in total. The van der Waals surface area contributed by atoms with Gasteiger partial charge in [-0.25, -0.2) is 29.9 Å². The number of rotatable bonds is 10. The molecule has 2 atom stereocenters. The lowest BCUT2D eigenvalue weighted by atomic mass is 10.0. The van der Waals surface area contributed by atoms with Crippen LogP contribution in [0.15, 0.2) is 73.3 Å². The van der Waals surface area contributed by atoms with Gasteiger partial charge in [0.1, 0.15) is 21.7 Å². The fourth-order valence-electron chi connectivity index (χ4n) is 6.86. The lowest BCUT2D eigenvalue weighted by Gasteiger charge is -2.16. The highest BCUT2D eigenvalue weighted by Crippen LogP contribution is 2.38. The molecule has 66 heavy (non-hydrogen) atoms. The first kappa shape index (κ1) is 44.3. The largest absolute Gasteiger partial charge is 0.373 e. The Labute approximate surface area is 392 Å². The van der Waals surface area contributed by atoms with E-state index < -0.39 is 11.2 Å². The van der Waals surface area contributed by atoms with Crippen LogP contribution in [0, 0.1) is 0 Å². The van der Waals surface area contributed by atoms with Gasteiger partial charge in [-0.2, -0.15) is 10.2 Å². The van der Waals surface area contributed by atoms with Crippen molar-refractivity contribution in [3.63, 3.8) is 0 Å². The zero-order valence-electron chi connectivity index (χ0n) is 35.2. The molecule has 1 unspecified atom stereocenters. The van der Waals surface area contributed by atoms with Gasteiger partial charge in [0.05, 0.1) is 46.5 Å². The van der Waals surface area contributed by atoms with Crippen LogP contribution in [0.3, 0.4) is 0 Å². The van der Waals surface area contributed by atoms with Crippen LogP contribution in [0.4, 0.5) is 23.3 Å². The third kappa shape index (κ3) is 8.52. The second kappa shape index (κ2) is 17.8. The number of hydrogen-bond acceptors (Lipinski definition) is 20. The van der Waals surface area contributed by atoms with E-state index in [0.717, 1.165) is 22.7 Å². The summed E-state index contributed by atoms with van der Waals surface area (Å²) in [7, 11) is 6.78. The quantitative estimate of drug-likeness (QED) is 0.147. The van der Waals surface area contributed by atoms with Gasteiger partial charge >= 0.3 is 0 Å². The molecular formula is C40H36Cl2N18O4S2. The number of nitrogens with one attached hydrogen (secondary N) is 2. The van der Waals surface area contributed by atoms with Crippen LogP contribution in [-0.4, -0.2) is 129 Å². The number of likely N-dealkylation sites (tertiary alicyclic amines) is 2. The number of aromatic nitrogens is 14. The number of carbonyl (C=O) groups is 2. The predicted molar refractivity (Wildman–Crippen MR) is 244 cm³/mol. The van der Waals surface area contributed by atoms with E-state index in [2.05, 4.69) is 71.1 Å². The fourth-order valence-corrected chi connectivity index (χ4v) is 8.99. The highest BCUT2D eigenvalue weighted by Gasteiger charge is 2.49. The molecule has 0 radical (unpaired) electrons. The monoisotopic (exact) mass is 966 g/mol. The van der Waals surface area contributed by atoms with E-state index in [1.165, 1.54) is 19.2 Å². The molecular weight excluding hydrogens is 932 g/mol. The summed E-state index contributed by atoms with van der Waals surface area (Å²) in [4.78, 5) is 54.5. The molecule has 336 valence electrons. The Balaban J connectivity index is 0.000000166. The average molecular weight is 968 g/mol. The van der Waals surface area contributed by atoms with Crippen molar-refractivity contribution in [3.8, 4) is 44.2 Å². The summed E-state index contributed by atoms with van der Waals surface area (Å²) in [6.45, 7) is 0.929. The van der Waals surface area contributed by atoms with Crippen molar-refractivity contribution >= 4 is 81.0 Å². The molecule has 8 aromatic heterocycles. The van der Waals surface area contributed by atoms with Gasteiger partial charge in [0, 0.05) is 66.5 Å². The normalized spacial score (nSPS) is 18.2. The SMILES string of the molecule is CN1CCC(O)(c2nnc(-c3cccc(-c4ccnc(Nc5cnn(C)c5Cl)n4)n3)s2)C1=O.CN1CC[C@](O)(c2nnc(-c3cccc(-c4ccnc(Nc5cnn(C)c5Cl)n4)n3)s2)C1=O. The van der Waals surface area contributed by atoms with E-state index in [1.807, 2.05) is 24.3 Å². The molecule has 26 heteroatoms. The van der Waals surface area contributed by atoms with Crippen molar-refractivity contribution in [2.24, 2.45) is 14.1 Å². The fraction of sp³-hybridized carbons (Fsp3) is 0.250. The minimum atomic E-state index is -1.64. The maximum atomic E-state index is 12.4. The molecule has 0 aliphatic carbocycles. The van der Waals surface area contributed by atoms with Gasteiger partial charge in [0.2, 0.25) is 11.9 Å². The number of halogens is 2. The summed E-state index contributed by atoms with van der Waals surface area (Å²) in [5, 5.41) is 54.8. The molecule has 8 aromatic rings. The van der Waals surface area contributed by atoms with Crippen LogP contribution in [0.5, 0.6) is 0 Å². The summed E-state index contributed by atoms with van der Waals surface area (Å²) >= 11 is 14.7. The average Bonchev–Trinajstić information content (AvgIpc) is 4.22. The van der Waals surface area contributed by atoms with Crippen molar-refractivity contribution in [2.75, 3.05) is 37.8 Å². The first-order chi connectivity index (χ1) is 31.7. The summed E-state index contributed by atoms with van der Waals surface area (Å²) in [5.74, 6) is -0.0546. The zero-order chi connectivity index (χ0) is 46.3. The Kier molecular flexibility index (Phi) is 11.9. The Hall–Kier alpha value is -6.96. The van der Waals surface area contributed by atoms with Gasteiger partial charge in [-0.05, 0) is 36.4 Å². The van der Waals surface area contributed by atoms with E-state index in [-0.39, 0.29) is 34.7 Å². The van der Waals surface area contributed by atoms with E-state index in [1.54, 1.807) is 77.2 Å². The molecule has 0 aromatic carbocycles. The molecule has 2 aliphatic rings. The number of nitrogens with zero attached hydrogens (tertiary/aromatic N) is 16. The van der Waals surface area contributed by atoms with E-state index >= 15 is 0 Å². The second-order valence-electron chi connectivity index (χ2n) is 15.0. The Morgan fingerprint density at radius 1 is 0.576 bits per heavy atom. The first-order valence-corrected chi connectivity index (χ1v) is 22.2. The van der Waals surface area contributed by atoms with Gasteiger partial charge in [-0.3, -0.25) is 19.0 Å². The van der Waals surface area contributed by atoms with Crippen LogP contribution in [-0.2, 0) is 34.9 Å². The zero-order valence-corrected chi connectivity index (χ0v) is 38.3. The first-order valence-electron chi connectivity index (χ1n) is 19.8. The molecule has 10 heterocycles. The smallest absolute Gasteiger partial charge is 0.261 e. The predicted octanol–water partition coefficient (Wildman–Crippen LogP) is 4.47. The Morgan fingerprint density at radius 2 is 0.970 bits per heavy atom. The number of pyridine rings is 2. The van der Waals surface area contributed by atoms with Crippen molar-refractivity contribution in [2.45, 2.75) is 24.0 Å². The molecule has 22 nitrogen and oxygen atoms in total. The molecule has 10 rings (SSSR count). The van der Waals surface area contributed by atoms with Gasteiger partial charge in [0.15, 0.2) is 31.2 Å². The van der Waals surface area contributed by atoms with Crippen molar-refractivity contribution in [1.29, 1.82) is 0 Å². The van der Waals surface area contributed by atoms with Crippen LogP contribution in [0.25, 0.3) is 44.2 Å². The van der Waals surface area contributed by atoms with E-state index in [9.17, 15) is 19.8 Å². The van der Waals surface area contributed by atoms with Crippen LogP contribution in [0.1, 0.15) is 22.9 Å². The standard InChI is InChI=1S/2C20H18ClN9O2S/c2*1-29-9-7-20(32,18(29)31)17-28-27-16(33-17)13-5-3-4-11(24-13)12-6-8-22-19(25-12)26-14-10-23-30(2)15(14)21/h2*3-6,8,10,32H,7,9H2,1-2H3,(H,22,25,26)/t20-;/m0./s1. The third-order valence-electron chi connectivity index (χ3n) is 10.6. The number of anilines is 4. The van der Waals surface area contributed by atoms with Crippen LogP contribution >= 0.6 is 45.9 Å². The van der Waals surface area contributed by atoms with Gasteiger partial charge < -0.3 is 30.6 Å². The summed E-state index contributed by atoms with van der Waals surface area (Å²) in [6.07, 6.45) is 6.97. The molecule has 0 bridgehead atoms. The summed E-state index contributed by atoms with van der Waals surface area (Å²) < 4.78 is 3.06. The highest BCUT2D eigenvalue weighted by molar-refractivity contribution is 7.15. The Bertz CT molecular complexity index is 2920. The van der Waals surface area contributed by atoms with Crippen LogP contribution < -0.4 is 10.6 Å². The number of hydrogen-bond donors (Lipinski definition) is 4. The second-order valence-corrected chi connectivity index (χ2v) is 17.7. The summed E-state index contributed by atoms with van der Waals surface area (Å²) in [5.41, 5.74) is 1.39. The number of carbonyl (C=O) groups excluding carboxylic acids is 2. The van der Waals surface area contributed by atoms with Gasteiger partial charge in [0.25, 0.3) is 11.8 Å². The third-order valence-corrected chi connectivity index (χ3v) is 13.7. The lowest BCUT2D eigenvalue weighted by Crippen LogP contribution is -2.35. The summed E-state index contributed by atoms with van der Waals surface area (Å²) in [6, 6.07) is 14.3. The van der Waals surface area contributed by atoms with Crippen LogP contribution in [0.2, 0.25) is 10.3 Å². The topological polar surface area (TPSA) is 270 Å². The highest BCUT2D eigenvalue weighted by atomic mass is 35.5. The molecule has 2 saturated heterocycles. The molecule has 0 saturated carbocycles. The maximum Gasteiger partial charge on any atom is 0.261 e. The Morgan fingerprint density at radius 3 is 1.33 bits per heavy atom. The lowest BCUT2D eigenvalue weighted by molar-refractivity contribution is -0.143. The number of aryl methyl sites for hydroxylation is 2. The molecule has 2 amide bonds. The van der Waals surface area contributed by atoms with Gasteiger partial charge in [-0.15, -0.1) is 20.4 Å². The number of amides is 2. The van der Waals surface area contributed by atoms with E-state index in [4.69, 9.17) is 23.2 Å². The minimum Gasteiger partial charge on any atom is -0.373 e. The molecule has 0 spiro atoms. The van der Waals surface area contributed by atoms with E-state index in [0.29, 0.717) is 90.8 Å². The van der Waals surface area contributed by atoms with Gasteiger partial charge in [-0.1, -0.05) is 58.0 Å². The van der Waals surface area contributed by atoms with Crippen molar-refractivity contribution in [1.82, 2.24) is 79.7 Å². The number of aliphatic hydroxyl groups is 2. The molecule has 2 aliphatic heterocycles. The maximum absolute atomic E-state index is 12.4. The van der Waals surface area contributed by atoms with Crippen molar-refractivity contribution in [3.05, 3.63) is 93.6 Å². The minimum absolute atomic E-state index is 0.265. The molecule has 2 fully saturated rings.